The minimum absolute atomic E-state index is 0.0774. The summed E-state index contributed by atoms with van der Waals surface area (Å²) in [6.07, 6.45) is -3.22. The number of nitrogens with two attached hydrogens (primary N) is 2. The molecule has 1 aliphatic heterocycles. The number of aromatic nitrogens is 4. The number of hydrogen-bond donors (Lipinski definition) is 7. The van der Waals surface area contributed by atoms with Crippen LogP contribution in [0.3, 0.4) is 0 Å². The summed E-state index contributed by atoms with van der Waals surface area (Å²) in [5.41, 5.74) is 11.1. The van der Waals surface area contributed by atoms with E-state index in [9.17, 15) is 28.8 Å². The Balaban J connectivity index is 0.00000100. The van der Waals surface area contributed by atoms with E-state index >= 15 is 0 Å². The molecule has 0 aromatic carbocycles. The third-order valence-electron chi connectivity index (χ3n) is 3.88. The van der Waals surface area contributed by atoms with Gasteiger partial charge in [-0.2, -0.15) is 12.6 Å². The average molecular weight is 582 g/mol. The Labute approximate surface area is 203 Å². The summed E-state index contributed by atoms with van der Waals surface area (Å²) in [6, 6.07) is 0. The van der Waals surface area contributed by atoms with Crippen LogP contribution in [0.15, 0.2) is 12.7 Å². The lowest BCUT2D eigenvalue weighted by Gasteiger charge is -2.16. The molecule has 1 fully saturated rings. The lowest BCUT2D eigenvalue weighted by Crippen LogP contribution is -2.33. The molecule has 0 amide bonds. The number of ether oxygens (including phenoxy) is 1. The van der Waals surface area contributed by atoms with Crippen molar-refractivity contribution in [2.75, 3.05) is 24.6 Å². The van der Waals surface area contributed by atoms with Gasteiger partial charge >= 0.3 is 24.3 Å². The van der Waals surface area contributed by atoms with Gasteiger partial charge in [0, 0.05) is 21.4 Å². The summed E-state index contributed by atoms with van der Waals surface area (Å²) in [5.74, 6) is 0.869. The summed E-state index contributed by atoms with van der Waals surface area (Å²) >= 11 is 3.80. The van der Waals surface area contributed by atoms with E-state index in [1.165, 1.54) is 10.9 Å². The topological polar surface area (TPSA) is 283 Å². The number of hydrogen-bond acceptors (Lipinski definition) is 17. The highest BCUT2D eigenvalue weighted by Crippen LogP contribution is 2.48. The second-order valence-electron chi connectivity index (χ2n) is 6.17. The third kappa shape index (κ3) is 8.64. The molecule has 2 aromatic rings. The fourth-order valence-corrected chi connectivity index (χ4v) is 3.88. The van der Waals surface area contributed by atoms with Crippen molar-refractivity contribution in [3.63, 3.8) is 0 Å². The number of anilines is 1. The first-order chi connectivity index (χ1) is 16.5. The van der Waals surface area contributed by atoms with E-state index in [0.717, 1.165) is 12.1 Å². The number of aliphatic hydroxyl groups is 2. The van der Waals surface area contributed by atoms with Gasteiger partial charge in [0.2, 0.25) is 0 Å². The summed E-state index contributed by atoms with van der Waals surface area (Å²) in [7, 11) is -11.7. The van der Waals surface area contributed by atoms with Gasteiger partial charge in [0.25, 0.3) is 0 Å². The molecule has 0 bridgehead atoms. The molecule has 0 radical (unpaired) electrons. The molecule has 2 aromatic heterocycles. The van der Waals surface area contributed by atoms with Crippen LogP contribution in [0.2, 0.25) is 0 Å². The zero-order valence-electron chi connectivity index (χ0n) is 17.3. The number of imidazole rings is 1. The maximum atomic E-state index is 11.7. The first-order valence-electron chi connectivity index (χ1n) is 9.08. The van der Waals surface area contributed by atoms with Crippen molar-refractivity contribution in [3.8, 4) is 0 Å². The Morgan fingerprint density at radius 2 is 1.89 bits per heavy atom. The van der Waals surface area contributed by atoms with Crippen molar-refractivity contribution >= 4 is 53.9 Å². The van der Waals surface area contributed by atoms with Crippen LogP contribution in [0.4, 0.5) is 5.82 Å². The number of fused-ring (bicyclic) bond motifs is 1. The highest BCUT2D eigenvalue weighted by molar-refractivity contribution is 7.80. The van der Waals surface area contributed by atoms with Crippen LogP contribution >= 0.6 is 37.0 Å². The molecule has 6 unspecified atom stereocenters. The van der Waals surface area contributed by atoms with Crippen LogP contribution < -0.4 is 11.5 Å². The van der Waals surface area contributed by atoms with E-state index in [1.54, 1.807) is 0 Å². The van der Waals surface area contributed by atoms with E-state index in [2.05, 4.69) is 50.8 Å². The predicted octanol–water partition coefficient (Wildman–Crippen LogP) is -0.777. The predicted molar refractivity (Wildman–Crippen MR) is 116 cm³/mol. The fraction of sp³-hybridized carbons (Fsp3) is 0.583. The Morgan fingerprint density at radius 3 is 2.51 bits per heavy atom. The lowest BCUT2D eigenvalue weighted by atomic mass is 10.1. The largest absolute Gasteiger partial charge is 0.764 e. The van der Waals surface area contributed by atoms with Crippen LogP contribution in [0.1, 0.15) is 6.23 Å². The number of phosphoric ester groups is 1. The van der Waals surface area contributed by atoms with Crippen molar-refractivity contribution in [3.05, 3.63) is 12.7 Å². The molecule has 0 saturated carbocycles. The first kappa shape index (κ1) is 29.9. The summed E-state index contributed by atoms with van der Waals surface area (Å²) in [6.45, 7) is -0.102. The molecule has 196 valence electrons. The molecular weight excluding hydrogens is 561 g/mol. The Hall–Kier alpha value is -1.31. The molecule has 0 aliphatic carbocycles. The normalized spacial score (nSPS) is 24.5. The van der Waals surface area contributed by atoms with Crippen LogP contribution in [0.5, 0.6) is 0 Å². The molecule has 35 heavy (non-hydrogen) atoms. The summed E-state index contributed by atoms with van der Waals surface area (Å²) < 4.78 is 59.3. The summed E-state index contributed by atoms with van der Waals surface area (Å²) in [5, 5.41) is 20.4. The van der Waals surface area contributed by atoms with Gasteiger partial charge in [-0.1, -0.05) is 4.67 Å². The van der Waals surface area contributed by atoms with Crippen molar-refractivity contribution in [1.29, 1.82) is 0 Å². The third-order valence-corrected chi connectivity index (χ3v) is 5.70. The minimum Gasteiger partial charge on any atom is -0.387 e. The SMILES string of the molecule is NCCS.Nc1ncnc2c1ncn2C1O[C@H](COP(=O)(O)OO[P+](=O)OO[P+](=O)O)C(O)C1O. The van der Waals surface area contributed by atoms with Crippen LogP contribution in [-0.2, 0) is 41.7 Å². The van der Waals surface area contributed by atoms with Gasteiger partial charge in [0.15, 0.2) is 17.7 Å². The maximum absolute atomic E-state index is 11.7. The summed E-state index contributed by atoms with van der Waals surface area (Å²) in [4.78, 5) is 29.5. The monoisotopic (exact) mass is 582 g/mol. The molecule has 7 atom stereocenters. The Kier molecular flexibility index (Phi) is 11.8. The molecular formula is C12H21N6O13P3S+2. The number of thiol groups is 1. The molecule has 1 aliphatic rings. The number of nitrogen functional groups attached to an aromatic ring is 1. The number of aliphatic hydroxyl groups excluding tert-OH is 2. The lowest BCUT2D eigenvalue weighted by molar-refractivity contribution is -0.175. The van der Waals surface area contributed by atoms with Gasteiger partial charge in [-0.15, -0.1) is 4.89 Å². The second-order valence-corrected chi connectivity index (χ2v) is 9.33. The van der Waals surface area contributed by atoms with E-state index in [4.69, 9.17) is 21.1 Å². The average Bonchev–Trinajstić information content (AvgIpc) is 3.37. The number of rotatable bonds is 11. The zero-order valence-corrected chi connectivity index (χ0v) is 20.9. The molecule has 3 rings (SSSR count). The maximum Gasteiger partial charge on any atom is 0.764 e. The Morgan fingerprint density at radius 1 is 1.20 bits per heavy atom. The zero-order chi connectivity index (χ0) is 26.2. The van der Waals surface area contributed by atoms with Crippen molar-refractivity contribution in [1.82, 2.24) is 19.5 Å². The van der Waals surface area contributed by atoms with Crippen molar-refractivity contribution in [2.45, 2.75) is 24.5 Å². The molecule has 8 N–H and O–H groups in total. The number of nitrogens with zero attached hydrogens (tertiary/aromatic N) is 4. The van der Waals surface area contributed by atoms with Gasteiger partial charge in [0.05, 0.1) is 17.6 Å². The van der Waals surface area contributed by atoms with Gasteiger partial charge in [-0.25, -0.2) is 19.5 Å². The quantitative estimate of drug-likeness (QED) is 0.0740. The van der Waals surface area contributed by atoms with E-state index < -0.39 is 55.5 Å². The van der Waals surface area contributed by atoms with Gasteiger partial charge in [-0.3, -0.25) is 9.09 Å². The van der Waals surface area contributed by atoms with Crippen LogP contribution in [0.25, 0.3) is 11.2 Å². The molecule has 3 heterocycles. The van der Waals surface area contributed by atoms with Crippen molar-refractivity contribution in [2.24, 2.45) is 5.73 Å². The van der Waals surface area contributed by atoms with Gasteiger partial charge in [-0.05, 0) is 0 Å². The smallest absolute Gasteiger partial charge is 0.387 e. The van der Waals surface area contributed by atoms with Crippen molar-refractivity contribution < 1.29 is 61.7 Å². The number of phosphoric acid groups is 1. The molecule has 0 spiro atoms. The van der Waals surface area contributed by atoms with Crippen LogP contribution in [0, 0.1) is 0 Å². The Bertz CT molecular complexity index is 1060. The highest BCUT2D eigenvalue weighted by Gasteiger charge is 2.46. The molecule has 19 nitrogen and oxygen atoms in total. The first-order valence-corrected chi connectivity index (χ1v) is 13.4. The van der Waals surface area contributed by atoms with E-state index in [0.29, 0.717) is 6.54 Å². The van der Waals surface area contributed by atoms with E-state index in [1.807, 2.05) is 0 Å². The standard InChI is InChI=1S/C10H12N5O13P3.C2H7NS/c11-8-5-9(13-2-12-8)15(3-14-5)10-7(17)6(16)4(24-10)1-23-31(21,22)28-27-30(20)26-25-29(18)19;3-1-2-4/h2-4,6-7,10,16-17H,1H2,(H2-2,11,12,13,18,19,21,22);4H,1-3H2/p+2/t4-,6?,7?,10?;/m1./s1. The molecule has 1 saturated heterocycles. The second kappa shape index (κ2) is 13.8. The van der Waals surface area contributed by atoms with Gasteiger partial charge in [0.1, 0.15) is 39.5 Å². The van der Waals surface area contributed by atoms with Gasteiger partial charge < -0.3 is 31.3 Å². The fourth-order valence-electron chi connectivity index (χ4n) is 2.48. The van der Waals surface area contributed by atoms with E-state index in [-0.39, 0.29) is 17.0 Å². The molecule has 23 heteroatoms. The van der Waals surface area contributed by atoms with Crippen LogP contribution in [-0.4, -0.2) is 76.7 Å². The minimum atomic E-state index is -5.02. The highest BCUT2D eigenvalue weighted by atomic mass is 32.1.